The Labute approximate surface area is 114 Å². The van der Waals surface area contributed by atoms with E-state index in [4.69, 9.17) is 4.98 Å². The van der Waals surface area contributed by atoms with E-state index in [2.05, 4.69) is 10.3 Å². The highest BCUT2D eigenvalue weighted by Crippen LogP contribution is 2.29. The van der Waals surface area contributed by atoms with Crippen LogP contribution in [0.25, 0.3) is 0 Å². The minimum absolute atomic E-state index is 0.0780. The van der Waals surface area contributed by atoms with E-state index in [-0.39, 0.29) is 5.56 Å². The van der Waals surface area contributed by atoms with Crippen molar-refractivity contribution in [1.82, 2.24) is 9.97 Å². The van der Waals surface area contributed by atoms with Crippen molar-refractivity contribution in [2.75, 3.05) is 11.9 Å². The third-order valence-corrected chi connectivity index (χ3v) is 4.42. The fourth-order valence-corrected chi connectivity index (χ4v) is 3.29. The van der Waals surface area contributed by atoms with Crippen molar-refractivity contribution in [2.24, 2.45) is 0 Å². The maximum atomic E-state index is 12.1. The number of anilines is 1. The normalized spacial score (nSPS) is 21.1. The number of hydrogen-bond acceptors (Lipinski definition) is 3. The van der Waals surface area contributed by atoms with Crippen LogP contribution < -0.4 is 10.9 Å². The first-order valence-electron chi connectivity index (χ1n) is 7.71. The van der Waals surface area contributed by atoms with Gasteiger partial charge in [-0.05, 0) is 25.7 Å². The van der Waals surface area contributed by atoms with Crippen LogP contribution in [0.15, 0.2) is 4.79 Å². The minimum atomic E-state index is 0.0780. The molecular weight excluding hydrogens is 238 g/mol. The monoisotopic (exact) mass is 261 g/mol. The molecule has 2 heterocycles. The highest BCUT2D eigenvalue weighted by Gasteiger charge is 2.20. The first kappa shape index (κ1) is 12.7. The molecule has 2 N–H and O–H groups in total. The molecule has 1 aromatic rings. The Kier molecular flexibility index (Phi) is 3.85. The molecule has 0 amide bonds. The van der Waals surface area contributed by atoms with E-state index in [0.29, 0.717) is 5.92 Å². The van der Waals surface area contributed by atoms with Crippen molar-refractivity contribution in [1.29, 1.82) is 0 Å². The molecular formula is C15H23N3O. The van der Waals surface area contributed by atoms with Crippen LogP contribution in [0.5, 0.6) is 0 Å². The smallest absolute Gasteiger partial charge is 0.256 e. The summed E-state index contributed by atoms with van der Waals surface area (Å²) in [5, 5.41) is 3.28. The molecule has 0 saturated heterocycles. The summed E-state index contributed by atoms with van der Waals surface area (Å²) in [6.45, 7) is 0.938. The molecule has 4 nitrogen and oxygen atoms in total. The first-order chi connectivity index (χ1) is 9.34. The lowest BCUT2D eigenvalue weighted by atomic mass is 9.90. The molecule has 4 heteroatoms. The van der Waals surface area contributed by atoms with E-state index >= 15 is 0 Å². The van der Waals surface area contributed by atoms with E-state index in [1.165, 1.54) is 44.9 Å². The molecule has 3 rings (SSSR count). The second-order valence-electron chi connectivity index (χ2n) is 5.85. The maximum Gasteiger partial charge on any atom is 0.256 e. The summed E-state index contributed by atoms with van der Waals surface area (Å²) in [5.41, 5.74) is 0.926. The molecule has 1 saturated carbocycles. The van der Waals surface area contributed by atoms with Gasteiger partial charge in [-0.3, -0.25) is 4.79 Å². The largest absolute Gasteiger partial charge is 0.370 e. The van der Waals surface area contributed by atoms with Gasteiger partial charge in [-0.25, -0.2) is 4.98 Å². The van der Waals surface area contributed by atoms with Crippen LogP contribution in [-0.4, -0.2) is 16.5 Å². The summed E-state index contributed by atoms with van der Waals surface area (Å²) in [5.74, 6) is 2.20. The lowest BCUT2D eigenvalue weighted by Crippen LogP contribution is -2.26. The van der Waals surface area contributed by atoms with E-state index in [9.17, 15) is 4.79 Å². The summed E-state index contributed by atoms with van der Waals surface area (Å²) in [6, 6.07) is 0. The molecule has 1 fully saturated rings. The lowest BCUT2D eigenvalue weighted by Gasteiger charge is -2.22. The second-order valence-corrected chi connectivity index (χ2v) is 5.85. The Balaban J connectivity index is 1.87. The summed E-state index contributed by atoms with van der Waals surface area (Å²) in [7, 11) is 0. The Morgan fingerprint density at radius 2 is 1.74 bits per heavy atom. The number of rotatable bonds is 1. The quantitative estimate of drug-likeness (QED) is 0.817. The van der Waals surface area contributed by atoms with E-state index in [1.807, 2.05) is 0 Å². The maximum absolute atomic E-state index is 12.1. The summed E-state index contributed by atoms with van der Waals surface area (Å²) in [6.07, 6.45) is 10.8. The van der Waals surface area contributed by atoms with E-state index < -0.39 is 0 Å². The summed E-state index contributed by atoms with van der Waals surface area (Å²) >= 11 is 0. The highest BCUT2D eigenvalue weighted by atomic mass is 16.1. The Bertz CT molecular complexity index is 487. The first-order valence-corrected chi connectivity index (χ1v) is 7.71. The SMILES string of the molecule is O=c1[nH]c(C2CCCCCCC2)nc2c1CCCN2. The molecule has 1 aromatic heterocycles. The van der Waals surface area contributed by atoms with Crippen molar-refractivity contribution in [3.63, 3.8) is 0 Å². The van der Waals surface area contributed by atoms with Crippen LogP contribution in [-0.2, 0) is 6.42 Å². The number of hydrogen-bond donors (Lipinski definition) is 2. The molecule has 1 aliphatic carbocycles. The Hall–Kier alpha value is -1.32. The fourth-order valence-electron chi connectivity index (χ4n) is 3.29. The number of aromatic nitrogens is 2. The van der Waals surface area contributed by atoms with Crippen LogP contribution in [0.2, 0.25) is 0 Å². The number of nitrogens with zero attached hydrogens (tertiary/aromatic N) is 1. The highest BCUT2D eigenvalue weighted by molar-refractivity contribution is 5.45. The lowest BCUT2D eigenvalue weighted by molar-refractivity contribution is 0.441. The van der Waals surface area contributed by atoms with Crippen molar-refractivity contribution < 1.29 is 0 Å². The second kappa shape index (κ2) is 5.76. The molecule has 0 aromatic carbocycles. The predicted octanol–water partition coefficient (Wildman–Crippen LogP) is 2.96. The number of aromatic amines is 1. The Morgan fingerprint density at radius 3 is 2.53 bits per heavy atom. The molecule has 0 radical (unpaired) electrons. The van der Waals surface area contributed by atoms with Crippen LogP contribution in [0, 0.1) is 0 Å². The average molecular weight is 261 g/mol. The zero-order valence-electron chi connectivity index (χ0n) is 11.5. The molecule has 1 aliphatic heterocycles. The van der Waals surface area contributed by atoms with E-state index in [1.54, 1.807) is 0 Å². The van der Waals surface area contributed by atoms with E-state index in [0.717, 1.165) is 36.6 Å². The van der Waals surface area contributed by atoms with Crippen LogP contribution in [0.1, 0.15) is 68.7 Å². The van der Waals surface area contributed by atoms with Gasteiger partial charge in [0.1, 0.15) is 11.6 Å². The van der Waals surface area contributed by atoms with Gasteiger partial charge in [0.25, 0.3) is 5.56 Å². The summed E-state index contributed by atoms with van der Waals surface area (Å²) in [4.78, 5) is 19.9. The number of H-pyrrole nitrogens is 1. The molecule has 0 bridgehead atoms. The van der Waals surface area contributed by atoms with Crippen LogP contribution in [0.3, 0.4) is 0 Å². The third-order valence-electron chi connectivity index (χ3n) is 4.42. The van der Waals surface area contributed by atoms with Crippen molar-refractivity contribution in [3.05, 3.63) is 21.7 Å². The minimum Gasteiger partial charge on any atom is -0.370 e. The molecule has 104 valence electrons. The molecule has 0 atom stereocenters. The molecule has 0 spiro atoms. The van der Waals surface area contributed by atoms with Crippen LogP contribution in [0.4, 0.5) is 5.82 Å². The van der Waals surface area contributed by atoms with Crippen molar-refractivity contribution >= 4 is 5.82 Å². The van der Waals surface area contributed by atoms with Crippen molar-refractivity contribution in [2.45, 2.75) is 63.7 Å². The molecule has 2 aliphatic rings. The third kappa shape index (κ3) is 2.82. The number of nitrogens with one attached hydrogen (secondary N) is 2. The fraction of sp³-hybridized carbons (Fsp3) is 0.733. The van der Waals surface area contributed by atoms with Gasteiger partial charge in [-0.2, -0.15) is 0 Å². The van der Waals surface area contributed by atoms with Crippen molar-refractivity contribution in [3.8, 4) is 0 Å². The zero-order valence-corrected chi connectivity index (χ0v) is 11.5. The average Bonchev–Trinajstić information content (AvgIpc) is 2.38. The summed E-state index contributed by atoms with van der Waals surface area (Å²) < 4.78 is 0. The Morgan fingerprint density at radius 1 is 1.00 bits per heavy atom. The van der Waals surface area contributed by atoms with Gasteiger partial charge < -0.3 is 10.3 Å². The van der Waals surface area contributed by atoms with Gasteiger partial charge in [0.05, 0.1) is 5.56 Å². The predicted molar refractivity (Wildman–Crippen MR) is 76.7 cm³/mol. The van der Waals surface area contributed by atoms with Crippen LogP contribution >= 0.6 is 0 Å². The number of fused-ring (bicyclic) bond motifs is 1. The zero-order chi connectivity index (χ0) is 13.1. The van der Waals surface area contributed by atoms with Gasteiger partial charge in [0.15, 0.2) is 0 Å². The van der Waals surface area contributed by atoms with Gasteiger partial charge in [0, 0.05) is 12.5 Å². The topological polar surface area (TPSA) is 57.8 Å². The van der Waals surface area contributed by atoms with Gasteiger partial charge in [0.2, 0.25) is 0 Å². The van der Waals surface area contributed by atoms with Gasteiger partial charge in [-0.15, -0.1) is 0 Å². The molecule has 19 heavy (non-hydrogen) atoms. The standard InChI is InChI=1S/C15H23N3O/c19-15-12-9-6-10-16-14(12)17-13(18-15)11-7-4-2-1-3-5-8-11/h11H,1-10H2,(H2,16,17,18,19). The van der Waals surface area contributed by atoms with Gasteiger partial charge in [-0.1, -0.05) is 32.1 Å². The molecule has 0 unspecified atom stereocenters. The van der Waals surface area contributed by atoms with Gasteiger partial charge >= 0.3 is 0 Å².